The molecule has 1 N–H and O–H groups in total. The fraction of sp³-hybridized carbons (Fsp3) is 0.353. The first-order chi connectivity index (χ1) is 11.8. The number of amides is 3. The Bertz CT molecular complexity index is 664. The van der Waals surface area contributed by atoms with Gasteiger partial charge >= 0.3 is 11.9 Å². The summed E-state index contributed by atoms with van der Waals surface area (Å²) in [6.07, 6.45) is 0. The molecule has 0 aromatic heterocycles. The molecular formula is C17H22N2O6. The standard InChI is InChI=1S/C9H12N2O4.C8H10O2/c1-4-11(6(3)8(13)14)7(12)5(2)10-9(11)15;1-9-7-5-3-4-6-8(7)10-2/h6H,2,4H2,1,3H3,(H-,10,13,14,15);3-6H,1-2H3. The van der Waals surface area contributed by atoms with Crippen LogP contribution in [0.25, 0.3) is 0 Å². The molecular weight excluding hydrogens is 328 g/mol. The zero-order valence-corrected chi connectivity index (χ0v) is 14.7. The highest BCUT2D eigenvalue weighted by Gasteiger charge is 2.55. The zero-order chi connectivity index (χ0) is 19.2. The number of hydrogen-bond acceptors (Lipinski definition) is 6. The van der Waals surface area contributed by atoms with Crippen LogP contribution in [0.2, 0.25) is 0 Å². The van der Waals surface area contributed by atoms with E-state index >= 15 is 0 Å². The van der Waals surface area contributed by atoms with Crippen molar-refractivity contribution in [2.24, 2.45) is 0 Å². The van der Waals surface area contributed by atoms with E-state index in [1.165, 1.54) is 6.92 Å². The Labute approximate surface area is 146 Å². The number of likely N-dealkylation sites (N-methyl/N-ethyl adjacent to an activating group) is 1. The highest BCUT2D eigenvalue weighted by Crippen LogP contribution is 2.25. The first-order valence-electron chi connectivity index (χ1n) is 7.57. The van der Waals surface area contributed by atoms with Crippen LogP contribution in [0.1, 0.15) is 13.8 Å². The van der Waals surface area contributed by atoms with Crippen molar-refractivity contribution in [1.29, 1.82) is 0 Å². The van der Waals surface area contributed by atoms with E-state index in [2.05, 4.69) is 11.9 Å². The van der Waals surface area contributed by atoms with Gasteiger partial charge in [-0.3, -0.25) is 5.32 Å². The molecule has 0 radical (unpaired) electrons. The van der Waals surface area contributed by atoms with Crippen molar-refractivity contribution in [3.05, 3.63) is 36.5 Å². The second-order valence-corrected chi connectivity index (χ2v) is 5.25. The summed E-state index contributed by atoms with van der Waals surface area (Å²) in [5.74, 6) is -0.510. The van der Waals surface area contributed by atoms with Crippen LogP contribution in [0.15, 0.2) is 36.5 Å². The number of nitrogens with zero attached hydrogens (tertiary/aromatic N) is 1. The lowest BCUT2D eigenvalue weighted by Crippen LogP contribution is -2.63. The van der Waals surface area contributed by atoms with Crippen molar-refractivity contribution < 1.29 is 33.4 Å². The van der Waals surface area contributed by atoms with E-state index in [0.717, 1.165) is 11.5 Å². The van der Waals surface area contributed by atoms with Crippen LogP contribution in [0.4, 0.5) is 4.79 Å². The van der Waals surface area contributed by atoms with Crippen molar-refractivity contribution in [3.8, 4) is 11.5 Å². The van der Waals surface area contributed by atoms with Crippen molar-refractivity contribution in [1.82, 2.24) is 5.32 Å². The summed E-state index contributed by atoms with van der Waals surface area (Å²) >= 11 is 0. The second kappa shape index (κ2) is 8.29. The van der Waals surface area contributed by atoms with Gasteiger partial charge in [0.2, 0.25) is 0 Å². The fourth-order valence-electron chi connectivity index (χ4n) is 2.50. The van der Waals surface area contributed by atoms with Gasteiger partial charge in [-0.15, -0.1) is 0 Å². The number of benzene rings is 1. The Morgan fingerprint density at radius 1 is 1.24 bits per heavy atom. The van der Waals surface area contributed by atoms with Crippen LogP contribution in [-0.2, 0) is 9.59 Å². The summed E-state index contributed by atoms with van der Waals surface area (Å²) in [5.41, 5.74) is -0.0741. The number of methoxy groups -OCH3 is 2. The van der Waals surface area contributed by atoms with Gasteiger partial charge in [-0.1, -0.05) is 18.7 Å². The maximum atomic E-state index is 11.7. The number of hydrogen-bond donors (Lipinski definition) is 1. The summed E-state index contributed by atoms with van der Waals surface area (Å²) in [7, 11) is 3.25. The highest BCUT2D eigenvalue weighted by atomic mass is 16.5. The van der Waals surface area contributed by atoms with Crippen molar-refractivity contribution in [2.45, 2.75) is 19.9 Å². The fourth-order valence-corrected chi connectivity index (χ4v) is 2.50. The number of aliphatic carboxylic acids is 1. The van der Waals surface area contributed by atoms with Crippen LogP contribution in [-0.4, -0.2) is 49.2 Å². The summed E-state index contributed by atoms with van der Waals surface area (Å²) < 4.78 is 9.22. The number of carbonyl (C=O) groups is 3. The Morgan fingerprint density at radius 2 is 1.72 bits per heavy atom. The molecule has 8 heteroatoms. The van der Waals surface area contributed by atoms with Crippen molar-refractivity contribution >= 4 is 17.9 Å². The maximum absolute atomic E-state index is 11.7. The molecule has 2 rings (SSSR count). The third-order valence-corrected chi connectivity index (χ3v) is 4.03. The average molecular weight is 350 g/mol. The van der Waals surface area contributed by atoms with Gasteiger partial charge in [0.15, 0.2) is 11.5 Å². The Hall–Kier alpha value is -2.87. The molecule has 2 unspecified atom stereocenters. The van der Waals surface area contributed by atoms with E-state index in [4.69, 9.17) is 9.47 Å². The van der Waals surface area contributed by atoms with Gasteiger partial charge in [0.1, 0.15) is 17.7 Å². The van der Waals surface area contributed by atoms with Gasteiger partial charge in [0.25, 0.3) is 0 Å². The maximum Gasteiger partial charge on any atom is 0.429 e. The number of urea groups is 1. The minimum absolute atomic E-state index is 0.0544. The summed E-state index contributed by atoms with van der Waals surface area (Å²) in [4.78, 5) is 34.1. The first-order valence-corrected chi connectivity index (χ1v) is 7.57. The van der Waals surface area contributed by atoms with E-state index in [-0.39, 0.29) is 12.2 Å². The molecule has 1 saturated heterocycles. The van der Waals surface area contributed by atoms with E-state index in [1.54, 1.807) is 21.1 Å². The molecule has 0 saturated carbocycles. The number of nitrogens with one attached hydrogen (secondary N) is 1. The van der Waals surface area contributed by atoms with E-state index < -0.39 is 28.4 Å². The Morgan fingerprint density at radius 3 is 2.00 bits per heavy atom. The Kier molecular flexibility index (Phi) is 6.69. The lowest BCUT2D eigenvalue weighted by Gasteiger charge is -2.32. The molecule has 0 aliphatic carbocycles. The monoisotopic (exact) mass is 350 g/mol. The number of ether oxygens (including phenoxy) is 2. The predicted octanol–water partition coefficient (Wildman–Crippen LogP) is 0.429. The molecule has 0 spiro atoms. The molecule has 1 aromatic carbocycles. The molecule has 25 heavy (non-hydrogen) atoms. The molecule has 8 nitrogen and oxygen atoms in total. The number of carboxylic acids is 1. The molecule has 136 valence electrons. The quantitative estimate of drug-likeness (QED) is 0.469. The van der Waals surface area contributed by atoms with Gasteiger partial charge < -0.3 is 19.4 Å². The predicted molar refractivity (Wildman–Crippen MR) is 87.5 cm³/mol. The van der Waals surface area contributed by atoms with Crippen LogP contribution >= 0.6 is 0 Å². The van der Waals surface area contributed by atoms with Crippen molar-refractivity contribution in [3.63, 3.8) is 0 Å². The molecule has 1 heterocycles. The number of carboxylic acid groups (broad SMARTS) is 1. The van der Waals surface area contributed by atoms with E-state index in [9.17, 15) is 19.5 Å². The third-order valence-electron chi connectivity index (χ3n) is 4.03. The molecule has 1 fully saturated rings. The van der Waals surface area contributed by atoms with Gasteiger partial charge in [-0.2, -0.15) is 4.48 Å². The number of para-hydroxylation sites is 2. The molecule has 3 amide bonds. The van der Waals surface area contributed by atoms with Gasteiger partial charge in [-0.25, -0.2) is 9.59 Å². The van der Waals surface area contributed by atoms with E-state index in [0.29, 0.717) is 0 Å². The number of imide groups is 1. The van der Waals surface area contributed by atoms with Crippen molar-refractivity contribution in [2.75, 3.05) is 20.8 Å². The molecule has 1 aliphatic rings. The SMILES string of the molecule is C=C1NC(=O)[N+](CC)(C(C)C(=O)[O-])C1=O.COc1ccccc1OC. The van der Waals surface area contributed by atoms with Crippen LogP contribution in [0.5, 0.6) is 11.5 Å². The number of rotatable bonds is 5. The highest BCUT2D eigenvalue weighted by molar-refractivity contribution is 6.04. The molecule has 1 aromatic rings. The Balaban J connectivity index is 0.000000271. The van der Waals surface area contributed by atoms with Gasteiger partial charge in [-0.05, 0) is 26.0 Å². The van der Waals surface area contributed by atoms with Gasteiger partial charge in [0.05, 0.1) is 20.8 Å². The average Bonchev–Trinajstić information content (AvgIpc) is 2.84. The minimum Gasteiger partial charge on any atom is -0.544 e. The van der Waals surface area contributed by atoms with Crippen LogP contribution < -0.4 is 19.9 Å². The third kappa shape index (κ3) is 3.80. The number of quaternary nitrogens is 1. The smallest absolute Gasteiger partial charge is 0.429 e. The lowest BCUT2D eigenvalue weighted by molar-refractivity contribution is -0.784. The topological polar surface area (TPSA) is 105 Å². The largest absolute Gasteiger partial charge is 0.544 e. The normalized spacial score (nSPS) is 20.2. The first kappa shape index (κ1) is 20.2. The summed E-state index contributed by atoms with van der Waals surface area (Å²) in [5, 5.41) is 13.0. The number of carbonyl (C=O) groups excluding carboxylic acids is 3. The second-order valence-electron chi connectivity index (χ2n) is 5.25. The summed E-state index contributed by atoms with van der Waals surface area (Å²) in [6.45, 7) is 6.25. The lowest BCUT2D eigenvalue weighted by atomic mass is 10.2. The van der Waals surface area contributed by atoms with E-state index in [1.807, 2.05) is 24.3 Å². The van der Waals surface area contributed by atoms with Crippen LogP contribution in [0.3, 0.4) is 0 Å². The zero-order valence-electron chi connectivity index (χ0n) is 14.7. The molecule has 2 atom stereocenters. The summed E-state index contributed by atoms with van der Waals surface area (Å²) in [6, 6.07) is 5.64. The van der Waals surface area contributed by atoms with Crippen LogP contribution in [0, 0.1) is 0 Å². The minimum atomic E-state index is -1.44. The van der Waals surface area contributed by atoms with Gasteiger partial charge in [0, 0.05) is 0 Å². The molecule has 1 aliphatic heterocycles. The molecule has 0 bridgehead atoms.